The van der Waals surface area contributed by atoms with Crippen molar-refractivity contribution in [1.29, 1.82) is 0 Å². The fraction of sp³-hybridized carbons (Fsp3) is 0.304. The number of rotatable bonds is 9. The molecular formula is C23H28N4O. The minimum absolute atomic E-state index is 0.175. The molecule has 0 saturated heterocycles. The number of H-pyrrole nitrogens is 1. The van der Waals surface area contributed by atoms with E-state index in [1.54, 1.807) is 0 Å². The molecule has 2 aromatic carbocycles. The first-order valence-corrected chi connectivity index (χ1v) is 9.84. The van der Waals surface area contributed by atoms with Crippen molar-refractivity contribution in [3.05, 3.63) is 87.8 Å². The average Bonchev–Trinajstić information content (AvgIpc) is 2.72. The zero-order chi connectivity index (χ0) is 19.8. The molecule has 0 unspecified atom stereocenters. The molecule has 0 atom stereocenters. The van der Waals surface area contributed by atoms with Crippen LogP contribution < -0.4 is 11.3 Å². The Morgan fingerprint density at radius 3 is 2.54 bits per heavy atom. The first kappa shape index (κ1) is 20.0. The Morgan fingerprint density at radius 2 is 1.79 bits per heavy atom. The summed E-state index contributed by atoms with van der Waals surface area (Å²) in [5, 5.41) is 0. The molecule has 1 heterocycles. The molecule has 0 saturated carbocycles. The third kappa shape index (κ3) is 5.62. The predicted octanol–water partition coefficient (Wildman–Crippen LogP) is 3.35. The molecule has 0 amide bonds. The van der Waals surface area contributed by atoms with Gasteiger partial charge in [-0.25, -0.2) is 4.98 Å². The molecule has 5 heteroatoms. The van der Waals surface area contributed by atoms with Crippen LogP contribution >= 0.6 is 0 Å². The number of benzene rings is 2. The summed E-state index contributed by atoms with van der Waals surface area (Å²) in [5.74, 6) is 0.570. The lowest BCUT2D eigenvalue weighted by Gasteiger charge is -2.22. The zero-order valence-corrected chi connectivity index (χ0v) is 16.4. The Bertz CT molecular complexity index is 937. The van der Waals surface area contributed by atoms with Gasteiger partial charge < -0.3 is 10.7 Å². The molecule has 1 aromatic heterocycles. The van der Waals surface area contributed by atoms with E-state index < -0.39 is 0 Å². The maximum atomic E-state index is 11.9. The van der Waals surface area contributed by atoms with Gasteiger partial charge in [0.05, 0.1) is 5.69 Å². The normalized spacial score (nSPS) is 11.1. The predicted molar refractivity (Wildman–Crippen MR) is 114 cm³/mol. The van der Waals surface area contributed by atoms with Gasteiger partial charge in [0.15, 0.2) is 0 Å². The van der Waals surface area contributed by atoms with E-state index in [2.05, 4.69) is 64.3 Å². The van der Waals surface area contributed by atoms with Crippen molar-refractivity contribution >= 4 is 0 Å². The lowest BCUT2D eigenvalue weighted by molar-refractivity contribution is 0.269. The number of hydrogen-bond donors (Lipinski definition) is 2. The van der Waals surface area contributed by atoms with Crippen LogP contribution in [0.5, 0.6) is 0 Å². The first-order chi connectivity index (χ1) is 13.7. The van der Waals surface area contributed by atoms with Crippen molar-refractivity contribution in [1.82, 2.24) is 14.9 Å². The van der Waals surface area contributed by atoms with E-state index in [0.717, 1.165) is 38.0 Å². The fourth-order valence-corrected chi connectivity index (χ4v) is 3.34. The van der Waals surface area contributed by atoms with Gasteiger partial charge in [-0.3, -0.25) is 9.69 Å². The number of nitrogens with one attached hydrogen (secondary N) is 1. The summed E-state index contributed by atoms with van der Waals surface area (Å²) in [6.07, 6.45) is 2.15. The third-order valence-corrected chi connectivity index (χ3v) is 4.71. The van der Waals surface area contributed by atoms with Crippen LogP contribution in [0.4, 0.5) is 0 Å². The summed E-state index contributed by atoms with van der Waals surface area (Å²) >= 11 is 0. The molecule has 28 heavy (non-hydrogen) atoms. The van der Waals surface area contributed by atoms with E-state index >= 15 is 0 Å². The second-order valence-corrected chi connectivity index (χ2v) is 7.00. The molecule has 0 aliphatic carbocycles. The minimum Gasteiger partial charge on any atom is -0.325 e. The van der Waals surface area contributed by atoms with Gasteiger partial charge in [-0.2, -0.15) is 0 Å². The van der Waals surface area contributed by atoms with Crippen LogP contribution in [0.2, 0.25) is 0 Å². The molecule has 0 fully saturated rings. The number of nitrogens with zero attached hydrogens (tertiary/aromatic N) is 2. The van der Waals surface area contributed by atoms with Crippen LogP contribution in [-0.4, -0.2) is 28.0 Å². The van der Waals surface area contributed by atoms with Gasteiger partial charge >= 0.3 is 0 Å². The van der Waals surface area contributed by atoms with Gasteiger partial charge in [-0.1, -0.05) is 55.5 Å². The Balaban J connectivity index is 1.74. The molecular weight excluding hydrogens is 348 g/mol. The van der Waals surface area contributed by atoms with Gasteiger partial charge in [0.1, 0.15) is 5.82 Å². The summed E-state index contributed by atoms with van der Waals surface area (Å²) in [6.45, 7) is 5.39. The Kier molecular flexibility index (Phi) is 7.12. The third-order valence-electron chi connectivity index (χ3n) is 4.71. The monoisotopic (exact) mass is 376 g/mol. The second kappa shape index (κ2) is 9.97. The number of hydrogen-bond acceptors (Lipinski definition) is 4. The van der Waals surface area contributed by atoms with E-state index in [0.29, 0.717) is 11.5 Å². The lowest BCUT2D eigenvalue weighted by atomic mass is 10.1. The topological polar surface area (TPSA) is 75.0 Å². The number of aromatic amines is 1. The maximum absolute atomic E-state index is 11.9. The molecule has 3 aromatic rings. The van der Waals surface area contributed by atoms with Gasteiger partial charge in [0.2, 0.25) is 0 Å². The summed E-state index contributed by atoms with van der Waals surface area (Å²) in [7, 11) is 0. The summed E-state index contributed by atoms with van der Waals surface area (Å²) in [4.78, 5) is 21.6. The highest BCUT2D eigenvalue weighted by Gasteiger charge is 2.08. The largest absolute Gasteiger partial charge is 0.325 e. The van der Waals surface area contributed by atoms with E-state index in [4.69, 9.17) is 5.73 Å². The molecule has 0 bridgehead atoms. The van der Waals surface area contributed by atoms with Gasteiger partial charge in [0.25, 0.3) is 5.56 Å². The fourth-order valence-electron chi connectivity index (χ4n) is 3.34. The van der Waals surface area contributed by atoms with Gasteiger partial charge in [-0.05, 0) is 36.6 Å². The molecule has 146 valence electrons. The second-order valence-electron chi connectivity index (χ2n) is 7.00. The standard InChI is InChI=1S/C23H28N4O/c1-2-12-27(13-11-18-7-4-3-5-8-18)17-19-9-6-10-20(14-19)23-25-21(16-24)15-22(28)26-23/h3-10,14-15H,2,11-13,16-17,24H2,1H3,(H,25,26,28). The highest BCUT2D eigenvalue weighted by atomic mass is 16.1. The molecule has 0 radical (unpaired) electrons. The maximum Gasteiger partial charge on any atom is 0.251 e. The van der Waals surface area contributed by atoms with E-state index in [9.17, 15) is 4.79 Å². The van der Waals surface area contributed by atoms with Gasteiger partial charge in [0, 0.05) is 31.3 Å². The molecule has 0 spiro atoms. The molecule has 0 aliphatic rings. The van der Waals surface area contributed by atoms with Crippen LogP contribution in [0, 0.1) is 0 Å². The van der Waals surface area contributed by atoms with Crippen molar-refractivity contribution in [2.45, 2.75) is 32.9 Å². The number of aromatic nitrogens is 2. The Hall–Kier alpha value is -2.76. The van der Waals surface area contributed by atoms with E-state index in [1.165, 1.54) is 17.2 Å². The summed E-state index contributed by atoms with van der Waals surface area (Å²) in [5.41, 5.74) is 9.55. The van der Waals surface area contributed by atoms with Crippen LogP contribution in [0.25, 0.3) is 11.4 Å². The molecule has 0 aliphatic heterocycles. The smallest absolute Gasteiger partial charge is 0.251 e. The lowest BCUT2D eigenvalue weighted by Crippen LogP contribution is -2.26. The highest BCUT2D eigenvalue weighted by Crippen LogP contribution is 2.17. The molecule has 3 rings (SSSR count). The van der Waals surface area contributed by atoms with Crippen LogP contribution in [-0.2, 0) is 19.5 Å². The van der Waals surface area contributed by atoms with Crippen molar-refractivity contribution in [2.24, 2.45) is 5.73 Å². The van der Waals surface area contributed by atoms with E-state index in [-0.39, 0.29) is 12.1 Å². The Morgan fingerprint density at radius 1 is 1.00 bits per heavy atom. The SMILES string of the molecule is CCCN(CCc1ccccc1)Cc1cccc(-c2nc(CN)cc(=O)[nH]2)c1. The van der Waals surface area contributed by atoms with Crippen molar-refractivity contribution in [3.63, 3.8) is 0 Å². The van der Waals surface area contributed by atoms with Crippen LogP contribution in [0.1, 0.15) is 30.2 Å². The first-order valence-electron chi connectivity index (χ1n) is 9.84. The quantitative estimate of drug-likeness (QED) is 0.600. The zero-order valence-electron chi connectivity index (χ0n) is 16.4. The van der Waals surface area contributed by atoms with Gasteiger partial charge in [-0.15, -0.1) is 0 Å². The minimum atomic E-state index is -0.175. The van der Waals surface area contributed by atoms with Crippen molar-refractivity contribution < 1.29 is 0 Å². The van der Waals surface area contributed by atoms with Crippen LogP contribution in [0.15, 0.2) is 65.5 Å². The molecule has 5 nitrogen and oxygen atoms in total. The highest BCUT2D eigenvalue weighted by molar-refractivity contribution is 5.56. The van der Waals surface area contributed by atoms with Crippen LogP contribution in [0.3, 0.4) is 0 Å². The van der Waals surface area contributed by atoms with Crippen molar-refractivity contribution in [2.75, 3.05) is 13.1 Å². The average molecular weight is 377 g/mol. The Labute approximate surface area is 166 Å². The number of nitrogens with two attached hydrogens (primary N) is 1. The summed E-state index contributed by atoms with van der Waals surface area (Å²) in [6, 6.07) is 20.2. The molecule has 3 N–H and O–H groups in total. The van der Waals surface area contributed by atoms with E-state index in [1.807, 2.05) is 12.1 Å². The summed E-state index contributed by atoms with van der Waals surface area (Å²) < 4.78 is 0. The van der Waals surface area contributed by atoms with Crippen molar-refractivity contribution in [3.8, 4) is 11.4 Å².